The maximum Gasteiger partial charge on any atom is 0.281 e. The number of rotatable bonds is 7. The lowest BCUT2D eigenvalue weighted by molar-refractivity contribution is -0.133. The van der Waals surface area contributed by atoms with Gasteiger partial charge in [0.15, 0.2) is 12.0 Å². The van der Waals surface area contributed by atoms with Crippen LogP contribution in [0.2, 0.25) is 0 Å². The van der Waals surface area contributed by atoms with Crippen LogP contribution < -0.4 is 4.90 Å². The van der Waals surface area contributed by atoms with Crippen molar-refractivity contribution < 1.29 is 19.1 Å². The van der Waals surface area contributed by atoms with Crippen LogP contribution in [0.15, 0.2) is 29.4 Å². The van der Waals surface area contributed by atoms with E-state index in [1.165, 1.54) is 7.11 Å². The molecule has 6 nitrogen and oxygen atoms in total. The van der Waals surface area contributed by atoms with Gasteiger partial charge in [-0.15, -0.1) is 0 Å². The molecule has 114 valence electrons. The first-order chi connectivity index (χ1) is 10.2. The average molecular weight is 292 g/mol. The van der Waals surface area contributed by atoms with Crippen molar-refractivity contribution in [1.29, 1.82) is 0 Å². The third kappa shape index (κ3) is 3.22. The first-order valence-corrected chi connectivity index (χ1v) is 6.98. The van der Waals surface area contributed by atoms with Crippen LogP contribution in [0.1, 0.15) is 19.4 Å². The molecule has 0 spiro atoms. The van der Waals surface area contributed by atoms with E-state index < -0.39 is 6.29 Å². The van der Waals surface area contributed by atoms with Gasteiger partial charge in [-0.05, 0) is 19.9 Å². The molecular weight excluding hydrogens is 272 g/mol. The Morgan fingerprint density at radius 2 is 1.86 bits per heavy atom. The van der Waals surface area contributed by atoms with Gasteiger partial charge in [0.05, 0.1) is 12.2 Å². The highest BCUT2D eigenvalue weighted by Gasteiger charge is 2.35. The van der Waals surface area contributed by atoms with E-state index in [2.05, 4.69) is 5.16 Å². The van der Waals surface area contributed by atoms with Crippen molar-refractivity contribution >= 4 is 17.3 Å². The second-order valence-electron chi connectivity index (χ2n) is 4.40. The van der Waals surface area contributed by atoms with Crippen LogP contribution in [0.5, 0.6) is 0 Å². The lowest BCUT2D eigenvalue weighted by Crippen LogP contribution is -2.39. The van der Waals surface area contributed by atoms with Crippen molar-refractivity contribution in [3.05, 3.63) is 29.8 Å². The number of benzene rings is 1. The fourth-order valence-corrected chi connectivity index (χ4v) is 2.30. The Labute approximate surface area is 124 Å². The number of hydrogen-bond donors (Lipinski definition) is 0. The first-order valence-electron chi connectivity index (χ1n) is 6.98. The number of anilines is 1. The smallest absolute Gasteiger partial charge is 0.281 e. The zero-order chi connectivity index (χ0) is 15.2. The molecule has 0 fully saturated rings. The van der Waals surface area contributed by atoms with E-state index in [0.29, 0.717) is 25.5 Å². The normalized spacial score (nSPS) is 15.9. The number of oxime groups is 1. The van der Waals surface area contributed by atoms with Gasteiger partial charge < -0.3 is 19.2 Å². The van der Waals surface area contributed by atoms with E-state index in [4.69, 9.17) is 14.3 Å². The topological polar surface area (TPSA) is 60.4 Å². The Hall–Kier alpha value is -1.92. The van der Waals surface area contributed by atoms with Crippen molar-refractivity contribution in [2.75, 3.05) is 31.8 Å². The molecule has 0 saturated carbocycles. The summed E-state index contributed by atoms with van der Waals surface area (Å²) in [7, 11) is 1.43. The predicted octanol–water partition coefficient (Wildman–Crippen LogP) is 1.78. The van der Waals surface area contributed by atoms with Crippen LogP contribution in [0.4, 0.5) is 5.69 Å². The molecule has 1 aliphatic heterocycles. The lowest BCUT2D eigenvalue weighted by Gasteiger charge is -2.23. The zero-order valence-corrected chi connectivity index (χ0v) is 12.5. The van der Waals surface area contributed by atoms with Gasteiger partial charge in [0.1, 0.15) is 7.11 Å². The number of hydrogen-bond acceptors (Lipinski definition) is 5. The lowest BCUT2D eigenvalue weighted by atomic mass is 10.1. The number of ether oxygens (including phenoxy) is 2. The van der Waals surface area contributed by atoms with Crippen molar-refractivity contribution in [1.82, 2.24) is 0 Å². The minimum absolute atomic E-state index is 0.206. The van der Waals surface area contributed by atoms with Crippen molar-refractivity contribution in [3.63, 3.8) is 0 Å². The number of nitrogens with zero attached hydrogens (tertiary/aromatic N) is 2. The van der Waals surface area contributed by atoms with E-state index >= 15 is 0 Å². The number of carbonyl (C=O) groups is 1. The molecule has 0 N–H and O–H groups in total. The standard InChI is InChI=1S/C15H20N2O4/c1-4-20-13(21-5-2)10-17-12-9-7-6-8-11(12)14(15(17)18)16-19-3/h6-9,13H,4-5,10H2,1-3H3/b16-14-. The van der Waals surface area contributed by atoms with E-state index in [9.17, 15) is 4.79 Å². The molecule has 0 aromatic heterocycles. The second kappa shape index (κ2) is 7.19. The predicted molar refractivity (Wildman–Crippen MR) is 79.4 cm³/mol. The summed E-state index contributed by atoms with van der Waals surface area (Å²) in [5.41, 5.74) is 1.86. The summed E-state index contributed by atoms with van der Waals surface area (Å²) >= 11 is 0. The summed E-state index contributed by atoms with van der Waals surface area (Å²) < 4.78 is 11.0. The highest BCUT2D eigenvalue weighted by molar-refractivity contribution is 6.54. The van der Waals surface area contributed by atoms with Crippen LogP contribution >= 0.6 is 0 Å². The van der Waals surface area contributed by atoms with Gasteiger partial charge in [-0.1, -0.05) is 23.4 Å². The van der Waals surface area contributed by atoms with E-state index in [1.807, 2.05) is 38.1 Å². The molecular formula is C15H20N2O4. The fraction of sp³-hybridized carbons (Fsp3) is 0.467. The van der Waals surface area contributed by atoms with Crippen molar-refractivity contribution in [2.45, 2.75) is 20.1 Å². The molecule has 0 atom stereocenters. The maximum atomic E-state index is 12.5. The van der Waals surface area contributed by atoms with Gasteiger partial charge in [-0.2, -0.15) is 0 Å². The van der Waals surface area contributed by atoms with E-state index in [0.717, 1.165) is 11.3 Å². The Morgan fingerprint density at radius 1 is 1.19 bits per heavy atom. The summed E-state index contributed by atoms with van der Waals surface area (Å²) in [6.07, 6.45) is -0.459. The minimum Gasteiger partial charge on any atom is -0.398 e. The number of amides is 1. The molecule has 0 bridgehead atoms. The SMILES string of the molecule is CCOC(CN1C(=O)/C(=N\OC)c2ccccc21)OCC. The molecule has 0 unspecified atom stereocenters. The summed E-state index contributed by atoms with van der Waals surface area (Å²) in [5, 5.41) is 3.84. The molecule has 0 saturated heterocycles. The number of carbonyl (C=O) groups excluding carboxylic acids is 1. The van der Waals surface area contributed by atoms with Crippen LogP contribution in [-0.2, 0) is 19.1 Å². The molecule has 1 aromatic rings. The Bertz CT molecular complexity index is 524. The fourth-order valence-electron chi connectivity index (χ4n) is 2.30. The Kier molecular flexibility index (Phi) is 5.30. The Morgan fingerprint density at radius 3 is 2.48 bits per heavy atom. The summed E-state index contributed by atoms with van der Waals surface area (Å²) in [6.45, 7) is 5.15. The van der Waals surface area contributed by atoms with Crippen LogP contribution in [0, 0.1) is 0 Å². The first kappa shape index (κ1) is 15.5. The van der Waals surface area contributed by atoms with Gasteiger partial charge in [0.25, 0.3) is 5.91 Å². The maximum absolute atomic E-state index is 12.5. The molecule has 2 rings (SSSR count). The monoisotopic (exact) mass is 292 g/mol. The van der Waals surface area contributed by atoms with Gasteiger partial charge in [0.2, 0.25) is 0 Å². The molecule has 1 aliphatic rings. The Balaban J connectivity index is 2.27. The molecule has 1 heterocycles. The number of fused-ring (bicyclic) bond motifs is 1. The van der Waals surface area contributed by atoms with Crippen molar-refractivity contribution in [2.24, 2.45) is 5.16 Å². The summed E-state index contributed by atoms with van der Waals surface area (Å²) in [4.78, 5) is 18.9. The largest absolute Gasteiger partial charge is 0.398 e. The average Bonchev–Trinajstić information content (AvgIpc) is 2.74. The van der Waals surface area contributed by atoms with Crippen LogP contribution in [0.3, 0.4) is 0 Å². The van der Waals surface area contributed by atoms with E-state index in [-0.39, 0.29) is 5.91 Å². The molecule has 21 heavy (non-hydrogen) atoms. The minimum atomic E-state index is -0.459. The molecule has 1 amide bonds. The van der Waals surface area contributed by atoms with Crippen molar-refractivity contribution in [3.8, 4) is 0 Å². The van der Waals surface area contributed by atoms with Gasteiger partial charge >= 0.3 is 0 Å². The third-order valence-corrected chi connectivity index (χ3v) is 3.12. The molecule has 1 aromatic carbocycles. The highest BCUT2D eigenvalue weighted by Crippen LogP contribution is 2.29. The summed E-state index contributed by atoms with van der Waals surface area (Å²) in [6, 6.07) is 7.47. The highest BCUT2D eigenvalue weighted by atomic mass is 16.7. The number of para-hydroxylation sites is 1. The third-order valence-electron chi connectivity index (χ3n) is 3.12. The van der Waals surface area contributed by atoms with Crippen LogP contribution in [0.25, 0.3) is 0 Å². The van der Waals surface area contributed by atoms with Gasteiger partial charge in [-0.25, -0.2) is 0 Å². The quantitative estimate of drug-likeness (QED) is 0.568. The molecule has 0 aliphatic carbocycles. The molecule has 0 radical (unpaired) electrons. The van der Waals surface area contributed by atoms with E-state index in [1.54, 1.807) is 4.90 Å². The second-order valence-corrected chi connectivity index (χ2v) is 4.40. The zero-order valence-electron chi connectivity index (χ0n) is 12.5. The molecule has 6 heteroatoms. The summed E-state index contributed by atoms with van der Waals surface area (Å²) in [5.74, 6) is -0.206. The van der Waals surface area contributed by atoms with Gasteiger partial charge in [-0.3, -0.25) is 4.79 Å². The van der Waals surface area contributed by atoms with Gasteiger partial charge in [0, 0.05) is 18.8 Å². The van der Waals surface area contributed by atoms with Crippen LogP contribution in [-0.4, -0.2) is 44.8 Å².